The number of hydrogen-bond acceptors (Lipinski definition) is 3. The van der Waals surface area contributed by atoms with Crippen LogP contribution in [0.2, 0.25) is 0 Å². The first-order valence-electron chi connectivity index (χ1n) is 6.38. The molecule has 1 amide bonds. The first kappa shape index (κ1) is 11.9. The average molecular weight is 226 g/mol. The molecule has 2 aliphatic rings. The highest BCUT2D eigenvalue weighted by Gasteiger charge is 2.31. The number of nitrogens with zero attached hydrogens (tertiary/aromatic N) is 1. The van der Waals surface area contributed by atoms with Gasteiger partial charge in [-0.1, -0.05) is 13.3 Å². The van der Waals surface area contributed by atoms with Gasteiger partial charge >= 0.3 is 0 Å². The first-order valence-corrected chi connectivity index (χ1v) is 6.38. The smallest absolute Gasteiger partial charge is 0.239 e. The predicted octanol–water partition coefficient (Wildman–Crippen LogP) is 0.358. The average Bonchev–Trinajstić information content (AvgIpc) is 2.33. The Labute approximate surface area is 97.0 Å². The van der Waals surface area contributed by atoms with E-state index in [1.165, 1.54) is 6.42 Å². The van der Waals surface area contributed by atoms with Crippen LogP contribution in [-0.4, -0.2) is 47.7 Å². The van der Waals surface area contributed by atoms with E-state index < -0.39 is 0 Å². The van der Waals surface area contributed by atoms with Crippen molar-refractivity contribution >= 4 is 5.91 Å². The fraction of sp³-hybridized carbons (Fsp3) is 0.917. The van der Waals surface area contributed by atoms with Crippen molar-refractivity contribution in [2.24, 2.45) is 5.92 Å². The summed E-state index contributed by atoms with van der Waals surface area (Å²) < 4.78 is 0. The van der Waals surface area contributed by atoms with E-state index in [9.17, 15) is 9.90 Å². The fourth-order valence-corrected chi connectivity index (χ4v) is 2.62. The maximum absolute atomic E-state index is 12.2. The van der Waals surface area contributed by atoms with E-state index in [1.54, 1.807) is 0 Å². The van der Waals surface area contributed by atoms with Crippen molar-refractivity contribution in [3.8, 4) is 0 Å². The Balaban J connectivity index is 1.89. The molecule has 4 nitrogen and oxygen atoms in total. The van der Waals surface area contributed by atoms with E-state index in [0.717, 1.165) is 25.8 Å². The zero-order valence-corrected chi connectivity index (χ0v) is 9.98. The Hall–Kier alpha value is -0.610. The van der Waals surface area contributed by atoms with Crippen molar-refractivity contribution in [2.45, 2.75) is 44.8 Å². The van der Waals surface area contributed by atoms with Gasteiger partial charge in [0.05, 0.1) is 12.1 Å². The van der Waals surface area contributed by atoms with Crippen LogP contribution in [0.4, 0.5) is 0 Å². The minimum absolute atomic E-state index is 0.0243. The van der Waals surface area contributed by atoms with Gasteiger partial charge in [-0.15, -0.1) is 0 Å². The van der Waals surface area contributed by atoms with Crippen LogP contribution in [-0.2, 0) is 4.79 Å². The molecule has 92 valence electrons. The number of piperidine rings is 2. The molecular formula is C12H22N2O2. The van der Waals surface area contributed by atoms with Gasteiger partial charge in [-0.05, 0) is 31.7 Å². The third kappa shape index (κ3) is 2.55. The van der Waals surface area contributed by atoms with Crippen LogP contribution in [0.15, 0.2) is 0 Å². The number of rotatable bonds is 1. The van der Waals surface area contributed by atoms with Crippen LogP contribution in [0.5, 0.6) is 0 Å². The van der Waals surface area contributed by atoms with Crippen molar-refractivity contribution in [2.75, 3.05) is 19.6 Å². The lowest BCUT2D eigenvalue weighted by atomic mass is 9.95. The summed E-state index contributed by atoms with van der Waals surface area (Å²) in [6.45, 7) is 4.39. The Bertz CT molecular complexity index is 251. The Morgan fingerprint density at radius 3 is 2.81 bits per heavy atom. The van der Waals surface area contributed by atoms with Gasteiger partial charge in [0, 0.05) is 13.1 Å². The van der Waals surface area contributed by atoms with Crippen LogP contribution >= 0.6 is 0 Å². The molecule has 2 fully saturated rings. The molecule has 4 heteroatoms. The zero-order chi connectivity index (χ0) is 11.5. The van der Waals surface area contributed by atoms with E-state index >= 15 is 0 Å². The standard InChI is InChI=1S/C12H22N2O2/c1-9-8-14(7-5-11(9)15)12(16)10-4-2-3-6-13-10/h9-11,13,15H,2-8H2,1H3/t9-,10-,11-/m1/s1. The van der Waals surface area contributed by atoms with Crippen LogP contribution in [0, 0.1) is 5.92 Å². The molecule has 2 N–H and O–H groups in total. The lowest BCUT2D eigenvalue weighted by Gasteiger charge is -2.37. The molecule has 3 atom stereocenters. The number of amides is 1. The maximum atomic E-state index is 12.2. The molecule has 2 rings (SSSR count). The molecule has 0 unspecified atom stereocenters. The van der Waals surface area contributed by atoms with Gasteiger partial charge in [0.15, 0.2) is 0 Å². The highest BCUT2D eigenvalue weighted by molar-refractivity contribution is 5.82. The molecule has 0 aromatic rings. The van der Waals surface area contributed by atoms with Gasteiger partial charge in [-0.3, -0.25) is 4.79 Å². The van der Waals surface area contributed by atoms with Gasteiger partial charge < -0.3 is 15.3 Å². The zero-order valence-electron chi connectivity index (χ0n) is 9.98. The summed E-state index contributed by atoms with van der Waals surface area (Å²) in [4.78, 5) is 14.1. The van der Waals surface area contributed by atoms with Gasteiger partial charge in [0.25, 0.3) is 0 Å². The molecule has 16 heavy (non-hydrogen) atoms. The second-order valence-electron chi connectivity index (χ2n) is 5.12. The SMILES string of the molecule is C[C@@H]1CN(C(=O)[C@H]2CCCCN2)CC[C@H]1O. The number of carbonyl (C=O) groups is 1. The molecule has 0 aromatic carbocycles. The second-order valence-corrected chi connectivity index (χ2v) is 5.12. The number of nitrogens with one attached hydrogen (secondary N) is 1. The lowest BCUT2D eigenvalue weighted by Crippen LogP contribution is -2.53. The quantitative estimate of drug-likeness (QED) is 0.678. The Morgan fingerprint density at radius 2 is 2.19 bits per heavy atom. The summed E-state index contributed by atoms with van der Waals surface area (Å²) in [7, 11) is 0. The van der Waals surface area contributed by atoms with Crippen LogP contribution in [0.1, 0.15) is 32.6 Å². The number of aliphatic hydroxyl groups is 1. The molecule has 2 saturated heterocycles. The van der Waals surface area contributed by atoms with E-state index in [4.69, 9.17) is 0 Å². The highest BCUT2D eigenvalue weighted by atomic mass is 16.3. The van der Waals surface area contributed by atoms with Gasteiger partial charge in [-0.2, -0.15) is 0 Å². The summed E-state index contributed by atoms with van der Waals surface area (Å²) in [5, 5.41) is 12.9. The Morgan fingerprint density at radius 1 is 1.38 bits per heavy atom. The van der Waals surface area contributed by atoms with Gasteiger partial charge in [-0.25, -0.2) is 0 Å². The van der Waals surface area contributed by atoms with E-state index in [0.29, 0.717) is 13.1 Å². The van der Waals surface area contributed by atoms with Crippen molar-refractivity contribution in [3.05, 3.63) is 0 Å². The van der Waals surface area contributed by atoms with Crippen molar-refractivity contribution < 1.29 is 9.90 Å². The third-order valence-electron chi connectivity index (χ3n) is 3.78. The molecular weight excluding hydrogens is 204 g/mol. The normalized spacial score (nSPS) is 36.1. The largest absolute Gasteiger partial charge is 0.393 e. The monoisotopic (exact) mass is 226 g/mol. The van der Waals surface area contributed by atoms with Crippen LogP contribution in [0.3, 0.4) is 0 Å². The van der Waals surface area contributed by atoms with Crippen LogP contribution < -0.4 is 5.32 Å². The minimum Gasteiger partial charge on any atom is -0.393 e. The van der Waals surface area contributed by atoms with Gasteiger partial charge in [0.1, 0.15) is 0 Å². The van der Waals surface area contributed by atoms with E-state index in [-0.39, 0.29) is 24.0 Å². The molecule has 0 aromatic heterocycles. The number of aliphatic hydroxyl groups excluding tert-OH is 1. The number of likely N-dealkylation sites (tertiary alicyclic amines) is 1. The summed E-state index contributed by atoms with van der Waals surface area (Å²) in [5.74, 6) is 0.444. The summed E-state index contributed by atoms with van der Waals surface area (Å²) in [6.07, 6.45) is 3.78. The lowest BCUT2D eigenvalue weighted by molar-refractivity contribution is -0.137. The maximum Gasteiger partial charge on any atom is 0.239 e. The molecule has 0 spiro atoms. The van der Waals surface area contributed by atoms with Crippen molar-refractivity contribution in [1.82, 2.24) is 10.2 Å². The van der Waals surface area contributed by atoms with Crippen molar-refractivity contribution in [3.63, 3.8) is 0 Å². The minimum atomic E-state index is -0.233. The molecule has 2 heterocycles. The number of carbonyl (C=O) groups excluding carboxylic acids is 1. The summed E-state index contributed by atoms with van der Waals surface area (Å²) in [6, 6.07) is 0.0243. The molecule has 0 saturated carbocycles. The second kappa shape index (κ2) is 5.15. The molecule has 2 aliphatic heterocycles. The third-order valence-corrected chi connectivity index (χ3v) is 3.78. The summed E-state index contributed by atoms with van der Waals surface area (Å²) >= 11 is 0. The van der Waals surface area contributed by atoms with Crippen molar-refractivity contribution in [1.29, 1.82) is 0 Å². The van der Waals surface area contributed by atoms with E-state index in [2.05, 4.69) is 5.32 Å². The molecule has 0 aliphatic carbocycles. The van der Waals surface area contributed by atoms with Crippen LogP contribution in [0.25, 0.3) is 0 Å². The first-order chi connectivity index (χ1) is 7.68. The molecule has 0 bridgehead atoms. The fourth-order valence-electron chi connectivity index (χ4n) is 2.62. The van der Waals surface area contributed by atoms with E-state index in [1.807, 2.05) is 11.8 Å². The topological polar surface area (TPSA) is 52.6 Å². The predicted molar refractivity (Wildman–Crippen MR) is 62.0 cm³/mol. The number of hydrogen-bond donors (Lipinski definition) is 2. The molecule has 0 radical (unpaired) electrons. The summed E-state index contributed by atoms with van der Waals surface area (Å²) in [5.41, 5.74) is 0. The highest BCUT2D eigenvalue weighted by Crippen LogP contribution is 2.19. The Kier molecular flexibility index (Phi) is 3.82. The van der Waals surface area contributed by atoms with Gasteiger partial charge in [0.2, 0.25) is 5.91 Å².